The van der Waals surface area contributed by atoms with Gasteiger partial charge in [-0.05, 0) is 75.7 Å². The molecule has 0 saturated heterocycles. The van der Waals surface area contributed by atoms with Crippen LogP contribution in [0, 0.1) is 0 Å². The second kappa shape index (κ2) is 12.6. The molecule has 3 nitrogen and oxygen atoms in total. The van der Waals surface area contributed by atoms with E-state index in [0.717, 1.165) is 82.8 Å². The Balaban J connectivity index is 1.04. The van der Waals surface area contributed by atoms with Crippen molar-refractivity contribution in [1.82, 2.24) is 0 Å². The summed E-state index contributed by atoms with van der Waals surface area (Å²) in [7, 11) is 0. The van der Waals surface area contributed by atoms with Gasteiger partial charge in [0.2, 0.25) is 0 Å². The number of hydrogen-bond donors (Lipinski definition) is 0. The first kappa shape index (κ1) is 31.2. The highest BCUT2D eigenvalue weighted by Gasteiger charge is 2.22. The summed E-state index contributed by atoms with van der Waals surface area (Å²) in [6, 6.07) is 70.7. The molecular formula is C52H33NO2. The van der Waals surface area contributed by atoms with E-state index in [2.05, 4.69) is 193 Å². The highest BCUT2D eigenvalue weighted by atomic mass is 16.3. The molecule has 11 aromatic rings. The Kier molecular flexibility index (Phi) is 7.17. The third kappa shape index (κ3) is 5.13. The number of rotatable bonds is 6. The van der Waals surface area contributed by atoms with Gasteiger partial charge in [-0.15, -0.1) is 0 Å². The molecule has 0 aliphatic heterocycles. The van der Waals surface area contributed by atoms with Crippen LogP contribution in [0.25, 0.3) is 88.0 Å². The van der Waals surface area contributed by atoms with Crippen molar-refractivity contribution >= 4 is 71.7 Å². The van der Waals surface area contributed by atoms with Crippen LogP contribution < -0.4 is 4.90 Å². The maximum Gasteiger partial charge on any atom is 0.147 e. The minimum absolute atomic E-state index is 0.852. The fraction of sp³-hybridized carbons (Fsp3) is 0. The summed E-state index contributed by atoms with van der Waals surface area (Å²) in [5.41, 5.74) is 13.6. The molecule has 2 heterocycles. The number of para-hydroxylation sites is 2. The number of nitrogens with zero attached hydrogens (tertiary/aromatic N) is 1. The van der Waals surface area contributed by atoms with Crippen LogP contribution in [-0.2, 0) is 0 Å². The van der Waals surface area contributed by atoms with Crippen molar-refractivity contribution in [2.24, 2.45) is 0 Å². The van der Waals surface area contributed by atoms with Gasteiger partial charge in [0.1, 0.15) is 22.3 Å². The van der Waals surface area contributed by atoms with Gasteiger partial charge in [-0.25, -0.2) is 0 Å². The van der Waals surface area contributed by atoms with Crippen LogP contribution in [0.5, 0.6) is 0 Å². The number of benzene rings is 9. The van der Waals surface area contributed by atoms with Crippen LogP contribution in [0.1, 0.15) is 0 Å². The maximum atomic E-state index is 6.90. The Morgan fingerprint density at radius 2 is 0.745 bits per heavy atom. The van der Waals surface area contributed by atoms with Gasteiger partial charge in [-0.1, -0.05) is 158 Å². The Morgan fingerprint density at radius 1 is 0.273 bits per heavy atom. The van der Waals surface area contributed by atoms with Gasteiger partial charge in [0, 0.05) is 44.2 Å². The van der Waals surface area contributed by atoms with Crippen LogP contribution in [0.4, 0.5) is 17.1 Å². The highest BCUT2D eigenvalue weighted by Crippen LogP contribution is 2.47. The van der Waals surface area contributed by atoms with Crippen LogP contribution in [0.2, 0.25) is 0 Å². The predicted octanol–water partition coefficient (Wildman–Crippen LogP) is 15.1. The molecule has 0 unspecified atom stereocenters. The van der Waals surface area contributed by atoms with Crippen molar-refractivity contribution in [2.45, 2.75) is 0 Å². The summed E-state index contributed by atoms with van der Waals surface area (Å²) >= 11 is 0. The Labute approximate surface area is 317 Å². The Bertz CT molecular complexity index is 3080. The summed E-state index contributed by atoms with van der Waals surface area (Å²) in [4.78, 5) is 2.32. The van der Waals surface area contributed by atoms with E-state index in [1.54, 1.807) is 0 Å². The van der Waals surface area contributed by atoms with Crippen LogP contribution in [0.3, 0.4) is 0 Å². The molecule has 2 aromatic heterocycles. The first-order valence-corrected chi connectivity index (χ1v) is 18.7. The molecule has 3 heteroatoms. The van der Waals surface area contributed by atoms with Crippen LogP contribution in [-0.4, -0.2) is 0 Å². The zero-order valence-electron chi connectivity index (χ0n) is 29.8. The third-order valence-corrected chi connectivity index (χ3v) is 10.9. The van der Waals surface area contributed by atoms with Gasteiger partial charge in [0.25, 0.3) is 0 Å². The molecule has 0 aliphatic carbocycles. The van der Waals surface area contributed by atoms with Crippen molar-refractivity contribution in [3.05, 3.63) is 200 Å². The Hall–Kier alpha value is -7.36. The number of anilines is 3. The van der Waals surface area contributed by atoms with Gasteiger partial charge >= 0.3 is 0 Å². The maximum absolute atomic E-state index is 6.90. The molecule has 9 aromatic carbocycles. The molecule has 0 aliphatic rings. The van der Waals surface area contributed by atoms with E-state index in [1.165, 1.54) is 22.3 Å². The Morgan fingerprint density at radius 3 is 1.35 bits per heavy atom. The van der Waals surface area contributed by atoms with Gasteiger partial charge < -0.3 is 13.7 Å². The molecule has 0 spiro atoms. The quantitative estimate of drug-likeness (QED) is 0.173. The first-order chi connectivity index (χ1) is 27.3. The van der Waals surface area contributed by atoms with Crippen LogP contribution >= 0.6 is 0 Å². The van der Waals surface area contributed by atoms with E-state index in [1.807, 2.05) is 12.1 Å². The fourth-order valence-electron chi connectivity index (χ4n) is 8.25. The van der Waals surface area contributed by atoms with Crippen LogP contribution in [0.15, 0.2) is 209 Å². The van der Waals surface area contributed by atoms with E-state index in [4.69, 9.17) is 8.83 Å². The number of hydrogen-bond acceptors (Lipinski definition) is 3. The van der Waals surface area contributed by atoms with E-state index in [9.17, 15) is 0 Å². The minimum atomic E-state index is 0.852. The molecule has 11 rings (SSSR count). The predicted molar refractivity (Wildman–Crippen MR) is 229 cm³/mol. The summed E-state index contributed by atoms with van der Waals surface area (Å²) in [5, 5.41) is 6.53. The summed E-state index contributed by atoms with van der Waals surface area (Å²) in [6.45, 7) is 0. The van der Waals surface area contributed by atoms with Gasteiger partial charge in [0.15, 0.2) is 0 Å². The zero-order chi connectivity index (χ0) is 36.3. The molecule has 0 amide bonds. The van der Waals surface area contributed by atoms with Crippen molar-refractivity contribution in [1.29, 1.82) is 0 Å². The monoisotopic (exact) mass is 703 g/mol. The third-order valence-electron chi connectivity index (χ3n) is 10.9. The topological polar surface area (TPSA) is 29.5 Å². The zero-order valence-corrected chi connectivity index (χ0v) is 29.8. The van der Waals surface area contributed by atoms with Gasteiger partial charge in [-0.3, -0.25) is 0 Å². The molecule has 258 valence electrons. The van der Waals surface area contributed by atoms with E-state index >= 15 is 0 Å². The standard InChI is InChI=1S/C52H33NO2/c1-3-12-34(13-4-1)36-22-28-39(29-23-36)53(40-30-24-37(25-31-40)35-14-5-2-6-15-35)41-32-26-38(27-33-41)42-19-11-20-46-49-51(55-50(42)46)44-17-8-7-16-43(44)48-45-18-9-10-21-47(45)54-52(48)49/h1-33H. The minimum Gasteiger partial charge on any atom is -0.455 e. The smallest absolute Gasteiger partial charge is 0.147 e. The number of fused-ring (bicyclic) bond motifs is 10. The molecule has 55 heavy (non-hydrogen) atoms. The fourth-order valence-corrected chi connectivity index (χ4v) is 8.25. The average molecular weight is 704 g/mol. The molecule has 0 bridgehead atoms. The van der Waals surface area contributed by atoms with Crippen molar-refractivity contribution < 1.29 is 8.83 Å². The summed E-state index contributed by atoms with van der Waals surface area (Å²) in [5.74, 6) is 0. The normalized spacial score (nSPS) is 11.6. The summed E-state index contributed by atoms with van der Waals surface area (Å²) in [6.07, 6.45) is 0. The van der Waals surface area contributed by atoms with Gasteiger partial charge in [-0.2, -0.15) is 0 Å². The molecule has 0 atom stereocenters. The second-order valence-corrected chi connectivity index (χ2v) is 14.0. The molecule has 0 radical (unpaired) electrons. The van der Waals surface area contributed by atoms with Crippen molar-refractivity contribution in [3.8, 4) is 33.4 Å². The van der Waals surface area contributed by atoms with Crippen molar-refractivity contribution in [3.63, 3.8) is 0 Å². The van der Waals surface area contributed by atoms with Crippen molar-refractivity contribution in [2.75, 3.05) is 4.90 Å². The second-order valence-electron chi connectivity index (χ2n) is 14.0. The molecular weight excluding hydrogens is 671 g/mol. The SMILES string of the molecule is c1ccc(-c2ccc(N(c3ccc(-c4ccccc4)cc3)c3ccc(-c4cccc5c4oc4c6ccccc6c6c7ccccc7oc6c54)cc3)cc2)cc1. The largest absolute Gasteiger partial charge is 0.455 e. The lowest BCUT2D eigenvalue weighted by Crippen LogP contribution is -2.09. The molecule has 0 fully saturated rings. The van der Waals surface area contributed by atoms with E-state index in [-0.39, 0.29) is 0 Å². The molecule has 0 N–H and O–H groups in total. The average Bonchev–Trinajstić information content (AvgIpc) is 3.85. The first-order valence-electron chi connectivity index (χ1n) is 18.7. The van der Waals surface area contributed by atoms with E-state index < -0.39 is 0 Å². The van der Waals surface area contributed by atoms with Gasteiger partial charge in [0.05, 0.1) is 5.39 Å². The highest BCUT2D eigenvalue weighted by molar-refractivity contribution is 6.34. The lowest BCUT2D eigenvalue weighted by molar-refractivity contribution is 0.666. The van der Waals surface area contributed by atoms with E-state index in [0.29, 0.717) is 0 Å². The summed E-state index contributed by atoms with van der Waals surface area (Å²) < 4.78 is 13.5. The lowest BCUT2D eigenvalue weighted by Gasteiger charge is -2.26. The molecule has 0 saturated carbocycles. The number of furan rings is 2. The lowest BCUT2D eigenvalue weighted by atomic mass is 9.98.